The number of benzene rings is 1. The van der Waals surface area contributed by atoms with Gasteiger partial charge in [-0.15, -0.1) is 0 Å². The predicted octanol–water partition coefficient (Wildman–Crippen LogP) is 2.62. The van der Waals surface area contributed by atoms with Gasteiger partial charge < -0.3 is 5.32 Å². The first-order chi connectivity index (χ1) is 8.86. The number of carbonyl (C=O) groups excluding carboxylic acids is 2. The van der Waals surface area contributed by atoms with Crippen molar-refractivity contribution in [2.75, 3.05) is 0 Å². The molecule has 0 aromatic heterocycles. The Balaban J connectivity index is 2.38. The van der Waals surface area contributed by atoms with E-state index in [9.17, 15) is 9.59 Å². The van der Waals surface area contributed by atoms with Gasteiger partial charge >= 0.3 is 0 Å². The fraction of sp³-hybridized carbons (Fsp3) is 0.500. The van der Waals surface area contributed by atoms with Crippen molar-refractivity contribution >= 4 is 11.7 Å². The molecular weight excluding hydrogens is 238 g/mol. The van der Waals surface area contributed by atoms with Gasteiger partial charge in [0, 0.05) is 30.4 Å². The minimum Gasteiger partial charge on any atom is -0.352 e. The van der Waals surface area contributed by atoms with E-state index < -0.39 is 0 Å². The first-order valence-electron chi connectivity index (χ1n) is 6.80. The molecular formula is C16H21NO2. The lowest BCUT2D eigenvalue weighted by Gasteiger charge is -2.28. The monoisotopic (exact) mass is 259 g/mol. The topological polar surface area (TPSA) is 46.2 Å². The average molecular weight is 259 g/mol. The molecule has 19 heavy (non-hydrogen) atoms. The second kappa shape index (κ2) is 4.80. The lowest BCUT2D eigenvalue weighted by Crippen LogP contribution is -2.44. The van der Waals surface area contributed by atoms with Crippen molar-refractivity contribution in [1.29, 1.82) is 0 Å². The zero-order chi connectivity index (χ0) is 14.2. The Morgan fingerprint density at radius 1 is 1.37 bits per heavy atom. The van der Waals surface area contributed by atoms with Gasteiger partial charge in [-0.05, 0) is 23.6 Å². The van der Waals surface area contributed by atoms with Crippen molar-refractivity contribution in [3.63, 3.8) is 0 Å². The molecule has 0 spiro atoms. The highest BCUT2D eigenvalue weighted by Crippen LogP contribution is 2.39. The zero-order valence-corrected chi connectivity index (χ0v) is 12.0. The van der Waals surface area contributed by atoms with Crippen LogP contribution in [0, 0.1) is 0 Å². The standard InChI is InChI=1S/C16H21NO2/c1-5-14(19)12-7-6-11-9-15(17-10(2)18)16(3,4)13(11)8-12/h6-8,15H,5,9H2,1-4H3,(H,17,18). The maximum Gasteiger partial charge on any atom is 0.217 e. The highest BCUT2D eigenvalue weighted by Gasteiger charge is 2.40. The van der Waals surface area contributed by atoms with E-state index in [1.54, 1.807) is 6.92 Å². The number of rotatable bonds is 3. The summed E-state index contributed by atoms with van der Waals surface area (Å²) in [6.45, 7) is 7.67. The molecule has 1 aromatic rings. The fourth-order valence-electron chi connectivity index (χ4n) is 2.87. The summed E-state index contributed by atoms with van der Waals surface area (Å²) in [5.74, 6) is 0.164. The summed E-state index contributed by atoms with van der Waals surface area (Å²) < 4.78 is 0. The molecule has 1 aliphatic rings. The largest absolute Gasteiger partial charge is 0.352 e. The Morgan fingerprint density at radius 2 is 2.05 bits per heavy atom. The molecule has 0 radical (unpaired) electrons. The van der Waals surface area contributed by atoms with Gasteiger partial charge in [0.2, 0.25) is 5.91 Å². The third-order valence-electron chi connectivity index (χ3n) is 4.12. The first kappa shape index (κ1) is 13.8. The lowest BCUT2D eigenvalue weighted by molar-refractivity contribution is -0.120. The molecule has 1 N–H and O–H groups in total. The van der Waals surface area contributed by atoms with E-state index >= 15 is 0 Å². The van der Waals surface area contributed by atoms with Gasteiger partial charge in [0.05, 0.1) is 0 Å². The first-order valence-corrected chi connectivity index (χ1v) is 6.80. The molecule has 2 rings (SSSR count). The number of amides is 1. The quantitative estimate of drug-likeness (QED) is 0.848. The molecule has 0 saturated carbocycles. The van der Waals surface area contributed by atoms with Crippen LogP contribution in [0.3, 0.4) is 0 Å². The van der Waals surface area contributed by atoms with Crippen LogP contribution in [0.5, 0.6) is 0 Å². The van der Waals surface area contributed by atoms with Gasteiger partial charge in [0.1, 0.15) is 0 Å². The predicted molar refractivity (Wildman–Crippen MR) is 75.4 cm³/mol. The lowest BCUT2D eigenvalue weighted by atomic mass is 9.82. The van der Waals surface area contributed by atoms with Gasteiger partial charge in [-0.1, -0.05) is 32.9 Å². The van der Waals surface area contributed by atoms with Gasteiger partial charge in [-0.25, -0.2) is 0 Å². The van der Waals surface area contributed by atoms with Gasteiger partial charge in [0.15, 0.2) is 5.78 Å². The molecule has 1 unspecified atom stereocenters. The van der Waals surface area contributed by atoms with Crippen molar-refractivity contribution in [3.05, 3.63) is 34.9 Å². The molecule has 0 aliphatic heterocycles. The fourth-order valence-corrected chi connectivity index (χ4v) is 2.87. The summed E-state index contributed by atoms with van der Waals surface area (Å²) in [4.78, 5) is 23.1. The average Bonchev–Trinajstić information content (AvgIpc) is 2.59. The van der Waals surface area contributed by atoms with Gasteiger partial charge in [-0.2, -0.15) is 0 Å². The minimum absolute atomic E-state index is 0.00395. The number of ketones is 1. The summed E-state index contributed by atoms with van der Waals surface area (Å²) in [6, 6.07) is 6.04. The summed E-state index contributed by atoms with van der Waals surface area (Å²) in [7, 11) is 0. The number of carbonyl (C=O) groups is 2. The maximum atomic E-state index is 11.8. The zero-order valence-electron chi connectivity index (χ0n) is 12.0. The molecule has 0 heterocycles. The van der Waals surface area contributed by atoms with Crippen molar-refractivity contribution in [1.82, 2.24) is 5.32 Å². The van der Waals surface area contributed by atoms with E-state index in [2.05, 4.69) is 19.2 Å². The summed E-state index contributed by atoms with van der Waals surface area (Å²) in [5.41, 5.74) is 3.06. The van der Waals surface area contributed by atoms with Gasteiger partial charge in [0.25, 0.3) is 0 Å². The second-order valence-corrected chi connectivity index (χ2v) is 5.83. The maximum absolute atomic E-state index is 11.8. The van der Waals surface area contributed by atoms with E-state index in [4.69, 9.17) is 0 Å². The molecule has 1 amide bonds. The third-order valence-corrected chi connectivity index (χ3v) is 4.12. The number of hydrogen-bond donors (Lipinski definition) is 1. The normalized spacial score (nSPS) is 19.9. The summed E-state index contributed by atoms with van der Waals surface area (Å²) >= 11 is 0. The van der Waals surface area contributed by atoms with E-state index in [0.717, 1.165) is 12.0 Å². The van der Waals surface area contributed by atoms with E-state index in [0.29, 0.717) is 6.42 Å². The van der Waals surface area contributed by atoms with Gasteiger partial charge in [-0.3, -0.25) is 9.59 Å². The summed E-state index contributed by atoms with van der Waals surface area (Å²) in [5, 5.41) is 3.02. The van der Waals surface area contributed by atoms with Crippen LogP contribution in [0.4, 0.5) is 0 Å². The third kappa shape index (κ3) is 2.42. The minimum atomic E-state index is -0.134. The van der Waals surface area contributed by atoms with E-state index in [1.807, 2.05) is 25.1 Å². The highest BCUT2D eigenvalue weighted by atomic mass is 16.1. The number of nitrogens with one attached hydrogen (secondary N) is 1. The molecule has 102 valence electrons. The SMILES string of the molecule is CCC(=O)c1ccc2c(c1)C(C)(C)C(NC(C)=O)C2. The van der Waals surface area contributed by atoms with Crippen molar-refractivity contribution in [2.24, 2.45) is 0 Å². The highest BCUT2D eigenvalue weighted by molar-refractivity contribution is 5.96. The second-order valence-electron chi connectivity index (χ2n) is 5.83. The Bertz CT molecular complexity index is 532. The van der Waals surface area contributed by atoms with Crippen LogP contribution in [0.25, 0.3) is 0 Å². The molecule has 1 aromatic carbocycles. The number of Topliss-reactive ketones (excluding diaryl/α,β-unsaturated/α-hetero) is 1. The van der Waals surface area contributed by atoms with Crippen LogP contribution in [0.15, 0.2) is 18.2 Å². The van der Waals surface area contributed by atoms with E-state index in [1.165, 1.54) is 11.1 Å². The van der Waals surface area contributed by atoms with Crippen molar-refractivity contribution in [3.8, 4) is 0 Å². The van der Waals surface area contributed by atoms with Crippen molar-refractivity contribution in [2.45, 2.75) is 52.0 Å². The molecule has 0 saturated heterocycles. The Labute approximate surface area is 114 Å². The van der Waals surface area contributed by atoms with Crippen LogP contribution in [-0.4, -0.2) is 17.7 Å². The molecule has 0 fully saturated rings. The summed E-state index contributed by atoms with van der Waals surface area (Å²) in [6.07, 6.45) is 1.36. The molecule has 1 atom stereocenters. The van der Waals surface area contributed by atoms with Crippen LogP contribution in [0.2, 0.25) is 0 Å². The Hall–Kier alpha value is -1.64. The molecule has 0 bridgehead atoms. The Morgan fingerprint density at radius 3 is 2.63 bits per heavy atom. The van der Waals surface area contributed by atoms with E-state index in [-0.39, 0.29) is 23.1 Å². The molecule has 3 nitrogen and oxygen atoms in total. The molecule has 1 aliphatic carbocycles. The smallest absolute Gasteiger partial charge is 0.217 e. The Kier molecular flexibility index (Phi) is 3.48. The van der Waals surface area contributed by atoms with Crippen LogP contribution < -0.4 is 5.32 Å². The van der Waals surface area contributed by atoms with Crippen molar-refractivity contribution < 1.29 is 9.59 Å². The van der Waals surface area contributed by atoms with Crippen LogP contribution in [-0.2, 0) is 16.6 Å². The van der Waals surface area contributed by atoms with Crippen LogP contribution >= 0.6 is 0 Å². The van der Waals surface area contributed by atoms with Crippen LogP contribution in [0.1, 0.15) is 55.6 Å². The number of hydrogen-bond acceptors (Lipinski definition) is 2. The molecule has 3 heteroatoms. The number of fused-ring (bicyclic) bond motifs is 1.